The number of nitro groups is 1. The summed E-state index contributed by atoms with van der Waals surface area (Å²) >= 11 is 0. The number of ether oxygens (including phenoxy) is 1. The van der Waals surface area contributed by atoms with Crippen molar-refractivity contribution in [1.29, 1.82) is 0 Å². The molecular weight excluding hydrogens is 232 g/mol. The number of anilines is 1. The molecule has 1 aliphatic heterocycles. The largest absolute Gasteiger partial charge is 0.378 e. The molecule has 1 aromatic rings. The molecule has 0 unspecified atom stereocenters. The van der Waals surface area contributed by atoms with E-state index in [9.17, 15) is 10.1 Å². The first-order valence-electron chi connectivity index (χ1n) is 6.38. The number of hydrogen-bond donors (Lipinski definition) is 0. The summed E-state index contributed by atoms with van der Waals surface area (Å²) in [5, 5.41) is 11.2. The average Bonchev–Trinajstić information content (AvgIpc) is 2.85. The van der Waals surface area contributed by atoms with Crippen molar-refractivity contribution in [3.05, 3.63) is 33.4 Å². The number of hydrogen-bond acceptors (Lipinski definition) is 4. The van der Waals surface area contributed by atoms with Gasteiger partial charge in [-0.3, -0.25) is 10.1 Å². The second-order valence-electron chi connectivity index (χ2n) is 4.82. The Kier molecular flexibility index (Phi) is 2.91. The van der Waals surface area contributed by atoms with Crippen molar-refractivity contribution in [1.82, 2.24) is 0 Å². The summed E-state index contributed by atoms with van der Waals surface area (Å²) in [6.07, 6.45) is 3.13. The van der Waals surface area contributed by atoms with Gasteiger partial charge in [0.15, 0.2) is 0 Å². The lowest BCUT2D eigenvalue weighted by atomic mass is 10.1. The zero-order valence-electron chi connectivity index (χ0n) is 10.2. The third kappa shape index (κ3) is 1.95. The third-order valence-electron chi connectivity index (χ3n) is 3.74. The Morgan fingerprint density at radius 2 is 1.83 bits per heavy atom. The fourth-order valence-corrected chi connectivity index (χ4v) is 2.80. The molecule has 2 aliphatic rings. The molecule has 5 heteroatoms. The summed E-state index contributed by atoms with van der Waals surface area (Å²) in [5.74, 6) is 0. The van der Waals surface area contributed by atoms with E-state index in [-0.39, 0.29) is 10.6 Å². The van der Waals surface area contributed by atoms with Crippen LogP contribution in [0.5, 0.6) is 0 Å². The van der Waals surface area contributed by atoms with Gasteiger partial charge in [0.05, 0.1) is 18.1 Å². The van der Waals surface area contributed by atoms with E-state index in [0.29, 0.717) is 13.2 Å². The molecule has 1 aromatic carbocycles. The van der Waals surface area contributed by atoms with Gasteiger partial charge in [-0.15, -0.1) is 0 Å². The van der Waals surface area contributed by atoms with Gasteiger partial charge in [0.25, 0.3) is 5.69 Å². The molecule has 0 radical (unpaired) electrons. The number of morpholine rings is 1. The Morgan fingerprint density at radius 1 is 1.17 bits per heavy atom. The van der Waals surface area contributed by atoms with Crippen molar-refractivity contribution in [2.75, 3.05) is 31.2 Å². The van der Waals surface area contributed by atoms with Crippen molar-refractivity contribution in [2.45, 2.75) is 19.3 Å². The molecule has 5 nitrogen and oxygen atoms in total. The van der Waals surface area contributed by atoms with Crippen molar-refractivity contribution in [2.24, 2.45) is 0 Å². The molecule has 0 amide bonds. The summed E-state index contributed by atoms with van der Waals surface area (Å²) in [7, 11) is 0. The summed E-state index contributed by atoms with van der Waals surface area (Å²) in [6.45, 7) is 2.77. The molecule has 0 aromatic heterocycles. The number of nitrogens with zero attached hydrogens (tertiary/aromatic N) is 2. The van der Waals surface area contributed by atoms with Crippen LogP contribution in [0.25, 0.3) is 0 Å². The van der Waals surface area contributed by atoms with Crippen LogP contribution in [0, 0.1) is 10.1 Å². The molecule has 96 valence electrons. The van der Waals surface area contributed by atoms with Crippen molar-refractivity contribution in [3.63, 3.8) is 0 Å². The van der Waals surface area contributed by atoms with Crippen LogP contribution in [0.15, 0.2) is 12.1 Å². The first-order chi connectivity index (χ1) is 8.75. The van der Waals surface area contributed by atoms with Crippen molar-refractivity contribution in [3.8, 4) is 0 Å². The highest BCUT2D eigenvalue weighted by atomic mass is 16.6. The number of fused-ring (bicyclic) bond motifs is 1. The van der Waals surface area contributed by atoms with Crippen molar-refractivity contribution < 1.29 is 9.66 Å². The topological polar surface area (TPSA) is 55.6 Å². The smallest absolute Gasteiger partial charge is 0.292 e. The van der Waals surface area contributed by atoms with Gasteiger partial charge in [-0.05, 0) is 36.5 Å². The second-order valence-corrected chi connectivity index (χ2v) is 4.82. The number of nitro benzene ring substituents is 1. The van der Waals surface area contributed by atoms with Crippen LogP contribution in [0.2, 0.25) is 0 Å². The Balaban J connectivity index is 2.02. The SMILES string of the molecule is O=[N+]([O-])c1cc2c(cc1N1CCOCC1)CCC2. The molecule has 1 saturated heterocycles. The molecule has 18 heavy (non-hydrogen) atoms. The zero-order valence-corrected chi connectivity index (χ0v) is 10.2. The summed E-state index contributed by atoms with van der Waals surface area (Å²) in [5.41, 5.74) is 3.45. The predicted molar refractivity (Wildman–Crippen MR) is 68.2 cm³/mol. The van der Waals surface area contributed by atoms with Gasteiger partial charge in [-0.1, -0.05) is 0 Å². The van der Waals surface area contributed by atoms with Crippen LogP contribution in [0.4, 0.5) is 11.4 Å². The molecule has 1 aliphatic carbocycles. The van der Waals surface area contributed by atoms with Crippen LogP contribution >= 0.6 is 0 Å². The van der Waals surface area contributed by atoms with E-state index < -0.39 is 0 Å². The van der Waals surface area contributed by atoms with E-state index in [2.05, 4.69) is 4.90 Å². The molecule has 1 heterocycles. The van der Waals surface area contributed by atoms with Crippen LogP contribution < -0.4 is 4.90 Å². The fraction of sp³-hybridized carbons (Fsp3) is 0.538. The Morgan fingerprint density at radius 3 is 2.50 bits per heavy atom. The van der Waals surface area contributed by atoms with E-state index in [1.54, 1.807) is 6.07 Å². The molecule has 0 spiro atoms. The minimum atomic E-state index is -0.261. The first-order valence-corrected chi connectivity index (χ1v) is 6.38. The quantitative estimate of drug-likeness (QED) is 0.592. The molecule has 3 rings (SSSR count). The van der Waals surface area contributed by atoms with Gasteiger partial charge < -0.3 is 9.64 Å². The molecule has 1 fully saturated rings. The number of rotatable bonds is 2. The normalized spacial score (nSPS) is 18.8. The highest BCUT2D eigenvalue weighted by Gasteiger charge is 2.25. The number of benzene rings is 1. The van der Waals surface area contributed by atoms with E-state index >= 15 is 0 Å². The fourth-order valence-electron chi connectivity index (χ4n) is 2.80. The van der Waals surface area contributed by atoms with E-state index in [4.69, 9.17) is 4.74 Å². The maximum Gasteiger partial charge on any atom is 0.292 e. The van der Waals surface area contributed by atoms with Gasteiger partial charge in [-0.2, -0.15) is 0 Å². The predicted octanol–water partition coefficient (Wildman–Crippen LogP) is 1.92. The second kappa shape index (κ2) is 4.57. The highest BCUT2D eigenvalue weighted by molar-refractivity contribution is 5.67. The molecular formula is C13H16N2O3. The highest BCUT2D eigenvalue weighted by Crippen LogP contribution is 2.35. The summed E-state index contributed by atoms with van der Waals surface area (Å²) in [6, 6.07) is 3.79. The average molecular weight is 248 g/mol. The molecule has 0 saturated carbocycles. The molecule has 0 N–H and O–H groups in total. The lowest BCUT2D eigenvalue weighted by molar-refractivity contribution is -0.384. The maximum absolute atomic E-state index is 11.2. The van der Waals surface area contributed by atoms with Gasteiger partial charge in [-0.25, -0.2) is 0 Å². The van der Waals surface area contributed by atoms with Crippen LogP contribution in [-0.4, -0.2) is 31.2 Å². The Bertz CT molecular complexity index is 481. The first kappa shape index (κ1) is 11.5. The van der Waals surface area contributed by atoms with Crippen molar-refractivity contribution >= 4 is 11.4 Å². The van der Waals surface area contributed by atoms with Gasteiger partial charge in [0.1, 0.15) is 5.69 Å². The Labute approximate surface area is 106 Å². The van der Waals surface area contributed by atoms with Crippen LogP contribution in [0.1, 0.15) is 17.5 Å². The lowest BCUT2D eigenvalue weighted by Gasteiger charge is -2.28. The summed E-state index contributed by atoms with van der Waals surface area (Å²) < 4.78 is 5.30. The maximum atomic E-state index is 11.2. The third-order valence-corrected chi connectivity index (χ3v) is 3.74. The molecule has 0 bridgehead atoms. The number of aryl methyl sites for hydroxylation is 2. The van der Waals surface area contributed by atoms with Crippen LogP contribution in [0.3, 0.4) is 0 Å². The minimum Gasteiger partial charge on any atom is -0.378 e. The van der Waals surface area contributed by atoms with E-state index in [0.717, 1.165) is 43.6 Å². The van der Waals surface area contributed by atoms with Gasteiger partial charge >= 0.3 is 0 Å². The minimum absolute atomic E-state index is 0.248. The molecule has 0 atom stereocenters. The Hall–Kier alpha value is -1.62. The monoisotopic (exact) mass is 248 g/mol. The van der Waals surface area contributed by atoms with Crippen LogP contribution in [-0.2, 0) is 17.6 Å². The van der Waals surface area contributed by atoms with Gasteiger partial charge in [0.2, 0.25) is 0 Å². The zero-order chi connectivity index (χ0) is 12.5. The van der Waals surface area contributed by atoms with E-state index in [1.165, 1.54) is 5.56 Å². The van der Waals surface area contributed by atoms with Gasteiger partial charge in [0, 0.05) is 19.2 Å². The summed E-state index contributed by atoms with van der Waals surface area (Å²) in [4.78, 5) is 13.0. The standard InChI is InChI=1S/C13H16N2O3/c16-15(17)13-9-11-3-1-2-10(11)8-12(13)14-4-6-18-7-5-14/h8-9H,1-7H2. The lowest BCUT2D eigenvalue weighted by Crippen LogP contribution is -2.36. The van der Waals surface area contributed by atoms with E-state index in [1.807, 2.05) is 6.07 Å².